The molecule has 5 heteroatoms. The largest absolute Gasteiger partial charge is 0.308 e. The fourth-order valence-corrected chi connectivity index (χ4v) is 2.48. The molecule has 1 heterocycles. The van der Waals surface area contributed by atoms with Gasteiger partial charge in [0.25, 0.3) is 0 Å². The molecule has 0 radical (unpaired) electrons. The van der Waals surface area contributed by atoms with Crippen molar-refractivity contribution in [2.75, 3.05) is 5.43 Å². The zero-order valence-electron chi connectivity index (χ0n) is 10.7. The highest BCUT2D eigenvalue weighted by Crippen LogP contribution is 2.31. The van der Waals surface area contributed by atoms with Gasteiger partial charge in [-0.15, -0.1) is 0 Å². The minimum atomic E-state index is 0.678. The van der Waals surface area contributed by atoms with E-state index in [4.69, 9.17) is 5.84 Å². The normalized spacial score (nSPS) is 10.4. The van der Waals surface area contributed by atoms with Crippen molar-refractivity contribution in [3.63, 3.8) is 0 Å². The maximum Gasteiger partial charge on any atom is 0.147 e. The van der Waals surface area contributed by atoms with Gasteiger partial charge in [-0.1, -0.05) is 29.5 Å². The summed E-state index contributed by atoms with van der Waals surface area (Å²) >= 11 is 1.62. The molecule has 1 aromatic heterocycles. The number of nitrogens with two attached hydrogens (primary N) is 1. The minimum absolute atomic E-state index is 0.678. The van der Waals surface area contributed by atoms with Crippen LogP contribution in [0.1, 0.15) is 17.0 Å². The number of hydrogen-bond acceptors (Lipinski definition) is 5. The number of anilines is 1. The molecule has 94 valence electrons. The fraction of sp³-hybridized carbons (Fsp3) is 0.231. The van der Waals surface area contributed by atoms with Gasteiger partial charge in [-0.3, -0.25) is 0 Å². The minimum Gasteiger partial charge on any atom is -0.308 e. The van der Waals surface area contributed by atoms with Gasteiger partial charge in [0.15, 0.2) is 0 Å². The van der Waals surface area contributed by atoms with E-state index in [-0.39, 0.29) is 0 Å². The van der Waals surface area contributed by atoms with Crippen LogP contribution in [-0.4, -0.2) is 9.97 Å². The Bertz CT molecular complexity index is 552. The smallest absolute Gasteiger partial charge is 0.147 e. The zero-order chi connectivity index (χ0) is 13.1. The number of hydrazine groups is 1. The molecular weight excluding hydrogens is 244 g/mol. The topological polar surface area (TPSA) is 63.8 Å². The molecule has 4 nitrogen and oxygen atoms in total. The molecule has 2 aromatic rings. The Morgan fingerprint density at radius 1 is 1.06 bits per heavy atom. The monoisotopic (exact) mass is 260 g/mol. The van der Waals surface area contributed by atoms with Crippen molar-refractivity contribution < 1.29 is 0 Å². The van der Waals surface area contributed by atoms with Crippen LogP contribution in [0.4, 0.5) is 5.82 Å². The maximum atomic E-state index is 5.45. The molecule has 2 rings (SSSR count). The van der Waals surface area contributed by atoms with Crippen LogP contribution >= 0.6 is 11.8 Å². The van der Waals surface area contributed by atoms with Crippen molar-refractivity contribution in [1.82, 2.24) is 9.97 Å². The van der Waals surface area contributed by atoms with E-state index in [2.05, 4.69) is 46.6 Å². The van der Waals surface area contributed by atoms with E-state index in [0.29, 0.717) is 11.6 Å². The highest BCUT2D eigenvalue weighted by atomic mass is 32.2. The number of aromatic nitrogens is 2. The van der Waals surface area contributed by atoms with Crippen LogP contribution in [-0.2, 0) is 0 Å². The molecule has 18 heavy (non-hydrogen) atoms. The molecule has 0 aliphatic rings. The average molecular weight is 260 g/mol. The first-order valence-electron chi connectivity index (χ1n) is 5.66. The van der Waals surface area contributed by atoms with Crippen molar-refractivity contribution >= 4 is 17.6 Å². The van der Waals surface area contributed by atoms with Crippen molar-refractivity contribution in [2.24, 2.45) is 5.84 Å². The lowest BCUT2D eigenvalue weighted by Gasteiger charge is -2.10. The molecule has 0 fully saturated rings. The number of nitrogens with one attached hydrogen (secondary N) is 1. The van der Waals surface area contributed by atoms with Crippen LogP contribution in [0.3, 0.4) is 0 Å². The van der Waals surface area contributed by atoms with Crippen LogP contribution in [0, 0.1) is 20.8 Å². The first-order valence-corrected chi connectivity index (χ1v) is 6.48. The number of nitrogen functional groups attached to an aromatic ring is 1. The van der Waals surface area contributed by atoms with E-state index in [0.717, 1.165) is 15.5 Å². The molecule has 0 bridgehead atoms. The van der Waals surface area contributed by atoms with Gasteiger partial charge in [0.2, 0.25) is 0 Å². The second-order valence-electron chi connectivity index (χ2n) is 4.11. The predicted octanol–water partition coefficient (Wildman–Crippen LogP) is 2.84. The van der Waals surface area contributed by atoms with Crippen molar-refractivity contribution in [1.29, 1.82) is 0 Å². The number of aryl methyl sites for hydroxylation is 2. The van der Waals surface area contributed by atoms with E-state index < -0.39 is 0 Å². The molecule has 0 saturated carbocycles. The third-order valence-corrected chi connectivity index (χ3v) is 3.68. The molecule has 0 unspecified atom stereocenters. The van der Waals surface area contributed by atoms with Crippen LogP contribution in [0.15, 0.2) is 34.2 Å². The Morgan fingerprint density at radius 2 is 1.72 bits per heavy atom. The summed E-state index contributed by atoms with van der Waals surface area (Å²) in [7, 11) is 0. The van der Waals surface area contributed by atoms with Gasteiger partial charge in [-0.05, 0) is 32.9 Å². The Morgan fingerprint density at radius 3 is 2.33 bits per heavy atom. The standard InChI is InChI=1S/C13H16N4S/c1-8-4-6-11(7-5-8)18-13-9(2)12(17-14)15-10(3)16-13/h4-7H,14H2,1-3H3,(H,15,16,17). The van der Waals surface area contributed by atoms with Gasteiger partial charge in [0, 0.05) is 10.5 Å². The third-order valence-electron chi connectivity index (χ3n) is 2.59. The lowest BCUT2D eigenvalue weighted by atomic mass is 10.2. The predicted molar refractivity (Wildman–Crippen MR) is 74.6 cm³/mol. The van der Waals surface area contributed by atoms with E-state index in [1.165, 1.54) is 5.56 Å². The second-order valence-corrected chi connectivity index (χ2v) is 5.17. The summed E-state index contributed by atoms with van der Waals surface area (Å²) in [6, 6.07) is 8.36. The Balaban J connectivity index is 2.34. The molecule has 0 spiro atoms. The fourth-order valence-electron chi connectivity index (χ4n) is 1.56. The van der Waals surface area contributed by atoms with E-state index >= 15 is 0 Å². The molecule has 0 saturated heterocycles. The van der Waals surface area contributed by atoms with Crippen molar-refractivity contribution in [3.05, 3.63) is 41.2 Å². The third kappa shape index (κ3) is 2.80. The number of rotatable bonds is 3. The highest BCUT2D eigenvalue weighted by Gasteiger charge is 2.09. The second kappa shape index (κ2) is 5.37. The number of hydrogen-bond donors (Lipinski definition) is 2. The Kier molecular flexibility index (Phi) is 3.84. The summed E-state index contributed by atoms with van der Waals surface area (Å²) in [5.41, 5.74) is 4.82. The number of nitrogens with zero attached hydrogens (tertiary/aromatic N) is 2. The average Bonchev–Trinajstić information content (AvgIpc) is 2.36. The molecular formula is C13H16N4S. The van der Waals surface area contributed by atoms with Crippen molar-refractivity contribution in [3.8, 4) is 0 Å². The lowest BCUT2D eigenvalue weighted by molar-refractivity contribution is 0.935. The van der Waals surface area contributed by atoms with Gasteiger partial charge in [0.05, 0.1) is 0 Å². The van der Waals surface area contributed by atoms with Crippen molar-refractivity contribution in [2.45, 2.75) is 30.7 Å². The van der Waals surface area contributed by atoms with Gasteiger partial charge in [-0.2, -0.15) is 0 Å². The summed E-state index contributed by atoms with van der Waals surface area (Å²) in [6.07, 6.45) is 0. The maximum absolute atomic E-state index is 5.45. The van der Waals surface area contributed by atoms with E-state index in [9.17, 15) is 0 Å². The summed E-state index contributed by atoms with van der Waals surface area (Å²) in [5.74, 6) is 6.84. The zero-order valence-corrected chi connectivity index (χ0v) is 11.5. The van der Waals surface area contributed by atoms with Gasteiger partial charge >= 0.3 is 0 Å². The first kappa shape index (κ1) is 12.9. The summed E-state index contributed by atoms with van der Waals surface area (Å²) in [5, 5.41) is 0.930. The SMILES string of the molecule is Cc1ccc(Sc2nc(C)nc(NN)c2C)cc1. The van der Waals surface area contributed by atoms with Crippen LogP contribution < -0.4 is 11.3 Å². The molecule has 0 atom stereocenters. The number of benzene rings is 1. The van der Waals surface area contributed by atoms with E-state index in [1.54, 1.807) is 11.8 Å². The Hall–Kier alpha value is -1.59. The van der Waals surface area contributed by atoms with Gasteiger partial charge < -0.3 is 5.43 Å². The highest BCUT2D eigenvalue weighted by molar-refractivity contribution is 7.99. The molecule has 1 aromatic carbocycles. The van der Waals surface area contributed by atoms with Crippen LogP contribution in [0.25, 0.3) is 0 Å². The first-order chi connectivity index (χ1) is 8.60. The molecule has 3 N–H and O–H groups in total. The summed E-state index contributed by atoms with van der Waals surface area (Å²) in [4.78, 5) is 9.86. The molecule has 0 amide bonds. The molecule has 0 aliphatic carbocycles. The molecule has 0 aliphatic heterocycles. The van der Waals surface area contributed by atoms with Gasteiger partial charge in [0.1, 0.15) is 16.7 Å². The summed E-state index contributed by atoms with van der Waals surface area (Å²) < 4.78 is 0. The Labute approximate surface area is 111 Å². The summed E-state index contributed by atoms with van der Waals surface area (Å²) in [6.45, 7) is 5.90. The lowest BCUT2D eigenvalue weighted by Crippen LogP contribution is -2.12. The van der Waals surface area contributed by atoms with Crippen LogP contribution in [0.5, 0.6) is 0 Å². The quantitative estimate of drug-likeness (QED) is 0.505. The van der Waals surface area contributed by atoms with E-state index in [1.807, 2.05) is 13.8 Å². The van der Waals surface area contributed by atoms with Gasteiger partial charge in [-0.25, -0.2) is 15.8 Å². The van der Waals surface area contributed by atoms with Crippen LogP contribution in [0.2, 0.25) is 0 Å².